The molecule has 0 radical (unpaired) electrons. The van der Waals surface area contributed by atoms with E-state index in [9.17, 15) is 0 Å². The van der Waals surface area contributed by atoms with Gasteiger partial charge < -0.3 is 10.1 Å². The largest absolute Gasteiger partial charge is 0.496 e. The molecule has 1 heterocycles. The zero-order chi connectivity index (χ0) is 15.4. The van der Waals surface area contributed by atoms with E-state index in [0.29, 0.717) is 5.02 Å². The monoisotopic (exact) mass is 451 g/mol. The van der Waals surface area contributed by atoms with Gasteiger partial charge >= 0.3 is 0 Å². The van der Waals surface area contributed by atoms with E-state index in [0.717, 1.165) is 32.5 Å². The Hall–Kier alpha value is -0.0700. The normalized spacial score (nSPS) is 12.4. The zero-order valence-corrected chi connectivity index (χ0v) is 16.5. The molecule has 0 bridgehead atoms. The van der Waals surface area contributed by atoms with Crippen LogP contribution in [-0.4, -0.2) is 13.7 Å². The Bertz CT molecular complexity index is 598. The third-order valence-corrected chi connectivity index (χ3v) is 6.61. The lowest BCUT2D eigenvalue weighted by Gasteiger charge is -2.20. The maximum absolute atomic E-state index is 6.18. The summed E-state index contributed by atoms with van der Waals surface area (Å²) >= 11 is 15.0. The molecule has 0 aliphatic rings. The third kappa shape index (κ3) is 4.23. The second-order valence-corrected chi connectivity index (χ2v) is 8.24. The van der Waals surface area contributed by atoms with Crippen LogP contribution >= 0.6 is 54.8 Å². The highest BCUT2D eigenvalue weighted by molar-refractivity contribution is 9.13. The fraction of sp³-hybridized carbons (Fsp3) is 0.333. The number of hydrogen-bond donors (Lipinski definition) is 1. The van der Waals surface area contributed by atoms with E-state index in [1.54, 1.807) is 18.4 Å². The maximum Gasteiger partial charge on any atom is 0.124 e. The fourth-order valence-electron chi connectivity index (χ4n) is 2.09. The topological polar surface area (TPSA) is 21.3 Å². The lowest BCUT2D eigenvalue weighted by atomic mass is 10.0. The van der Waals surface area contributed by atoms with Gasteiger partial charge in [-0.2, -0.15) is 0 Å². The molecule has 0 saturated carbocycles. The number of thiophene rings is 1. The summed E-state index contributed by atoms with van der Waals surface area (Å²) in [5.41, 5.74) is 1.06. The van der Waals surface area contributed by atoms with Gasteiger partial charge in [0.2, 0.25) is 0 Å². The molecule has 1 aromatic heterocycles. The predicted octanol–water partition coefficient (Wildman–Crippen LogP) is 6.02. The highest BCUT2D eigenvalue weighted by Gasteiger charge is 2.21. The van der Waals surface area contributed by atoms with Crippen molar-refractivity contribution in [1.29, 1.82) is 0 Å². The second-order valence-electron chi connectivity index (χ2n) is 4.54. The lowest BCUT2D eigenvalue weighted by Crippen LogP contribution is -2.23. The molecule has 1 unspecified atom stereocenters. The molecule has 2 nitrogen and oxygen atoms in total. The molecule has 0 amide bonds. The minimum atomic E-state index is 0.0613. The summed E-state index contributed by atoms with van der Waals surface area (Å²) in [5.74, 6) is 0.841. The van der Waals surface area contributed by atoms with Crippen molar-refractivity contribution in [2.75, 3.05) is 13.7 Å². The molecule has 1 atom stereocenters. The summed E-state index contributed by atoms with van der Waals surface area (Å²) in [4.78, 5) is 1.21. The van der Waals surface area contributed by atoms with E-state index in [2.05, 4.69) is 50.2 Å². The summed E-state index contributed by atoms with van der Waals surface area (Å²) < 4.78 is 7.65. The standard InChI is InChI=1S/C15H16Br2ClNOS/c1-3-6-19-14(13-8-11(16)15(17)21-13)10-7-9(18)4-5-12(10)20-2/h4-5,7-8,14,19H,3,6H2,1-2H3. The minimum absolute atomic E-state index is 0.0613. The molecule has 1 aromatic carbocycles. The Morgan fingerprint density at radius 1 is 1.33 bits per heavy atom. The van der Waals surface area contributed by atoms with Crippen LogP contribution in [0.3, 0.4) is 0 Å². The third-order valence-electron chi connectivity index (χ3n) is 3.05. The molecule has 0 aliphatic carbocycles. The van der Waals surface area contributed by atoms with Crippen LogP contribution in [0.15, 0.2) is 32.5 Å². The van der Waals surface area contributed by atoms with Crippen molar-refractivity contribution in [3.05, 3.63) is 48.0 Å². The molecule has 0 saturated heterocycles. The van der Waals surface area contributed by atoms with E-state index < -0.39 is 0 Å². The number of rotatable bonds is 6. The number of halogens is 3. The summed E-state index contributed by atoms with van der Waals surface area (Å²) in [6.45, 7) is 3.08. The lowest BCUT2D eigenvalue weighted by molar-refractivity contribution is 0.404. The first-order valence-electron chi connectivity index (χ1n) is 6.58. The van der Waals surface area contributed by atoms with E-state index in [-0.39, 0.29) is 6.04 Å². The van der Waals surface area contributed by atoms with Gasteiger partial charge in [0, 0.05) is 19.9 Å². The van der Waals surface area contributed by atoms with Gasteiger partial charge in [-0.25, -0.2) is 0 Å². The average Bonchev–Trinajstić information content (AvgIpc) is 2.79. The highest BCUT2D eigenvalue weighted by atomic mass is 79.9. The van der Waals surface area contributed by atoms with Crippen LogP contribution in [0.2, 0.25) is 5.02 Å². The van der Waals surface area contributed by atoms with Crippen molar-refractivity contribution in [3.8, 4) is 5.75 Å². The number of methoxy groups -OCH3 is 1. The van der Waals surface area contributed by atoms with Crippen LogP contribution in [0.1, 0.15) is 29.8 Å². The second kappa shape index (κ2) is 7.97. The number of benzene rings is 1. The van der Waals surface area contributed by atoms with Crippen LogP contribution in [0, 0.1) is 0 Å². The van der Waals surface area contributed by atoms with E-state index in [1.807, 2.05) is 18.2 Å². The van der Waals surface area contributed by atoms with Gasteiger partial charge in [0.25, 0.3) is 0 Å². The Morgan fingerprint density at radius 3 is 2.67 bits per heavy atom. The van der Waals surface area contributed by atoms with Crippen molar-refractivity contribution >= 4 is 54.8 Å². The summed E-state index contributed by atoms with van der Waals surface area (Å²) in [5, 5.41) is 4.29. The number of nitrogens with one attached hydrogen (secondary N) is 1. The Morgan fingerprint density at radius 2 is 2.10 bits per heavy atom. The van der Waals surface area contributed by atoms with Gasteiger partial charge in [0.15, 0.2) is 0 Å². The molecule has 0 fully saturated rings. The predicted molar refractivity (Wildman–Crippen MR) is 97.9 cm³/mol. The van der Waals surface area contributed by atoms with Gasteiger partial charge in [-0.1, -0.05) is 18.5 Å². The first-order chi connectivity index (χ1) is 10.1. The first-order valence-corrected chi connectivity index (χ1v) is 9.36. The molecule has 1 N–H and O–H groups in total. The van der Waals surface area contributed by atoms with Gasteiger partial charge in [0.1, 0.15) is 5.75 Å². The maximum atomic E-state index is 6.18. The Labute approximate surface area is 151 Å². The van der Waals surface area contributed by atoms with Crippen LogP contribution in [0.5, 0.6) is 5.75 Å². The summed E-state index contributed by atoms with van der Waals surface area (Å²) in [7, 11) is 1.68. The van der Waals surface area contributed by atoms with E-state index in [4.69, 9.17) is 16.3 Å². The number of hydrogen-bond acceptors (Lipinski definition) is 3. The van der Waals surface area contributed by atoms with Crippen molar-refractivity contribution in [3.63, 3.8) is 0 Å². The van der Waals surface area contributed by atoms with E-state index >= 15 is 0 Å². The molecule has 2 rings (SSSR count). The van der Waals surface area contributed by atoms with E-state index in [1.165, 1.54) is 4.88 Å². The molecule has 114 valence electrons. The smallest absolute Gasteiger partial charge is 0.124 e. The number of ether oxygens (including phenoxy) is 1. The van der Waals surface area contributed by atoms with Crippen LogP contribution < -0.4 is 10.1 Å². The SMILES string of the molecule is CCCNC(c1cc(Br)c(Br)s1)c1cc(Cl)ccc1OC. The molecule has 21 heavy (non-hydrogen) atoms. The van der Waals surface area contributed by atoms with Crippen molar-refractivity contribution < 1.29 is 4.74 Å². The Kier molecular flexibility index (Phi) is 6.56. The zero-order valence-electron chi connectivity index (χ0n) is 11.8. The van der Waals surface area contributed by atoms with Gasteiger partial charge in [-0.05, 0) is 69.1 Å². The summed E-state index contributed by atoms with van der Waals surface area (Å²) in [6.07, 6.45) is 1.06. The highest BCUT2D eigenvalue weighted by Crippen LogP contribution is 2.40. The quantitative estimate of drug-likeness (QED) is 0.577. The fourth-order valence-corrected chi connectivity index (χ4v) is 4.45. The van der Waals surface area contributed by atoms with Crippen LogP contribution in [-0.2, 0) is 0 Å². The average molecular weight is 454 g/mol. The molecule has 6 heteroatoms. The van der Waals surface area contributed by atoms with Gasteiger partial charge in [0.05, 0.1) is 16.9 Å². The molecule has 2 aromatic rings. The Balaban J connectivity index is 2.47. The molecular formula is C15H16Br2ClNOS. The van der Waals surface area contributed by atoms with Gasteiger partial charge in [-0.3, -0.25) is 0 Å². The van der Waals surface area contributed by atoms with Crippen LogP contribution in [0.25, 0.3) is 0 Å². The van der Waals surface area contributed by atoms with Crippen LogP contribution in [0.4, 0.5) is 0 Å². The minimum Gasteiger partial charge on any atom is -0.496 e. The van der Waals surface area contributed by atoms with Crippen molar-refractivity contribution in [1.82, 2.24) is 5.32 Å². The molecular weight excluding hydrogens is 437 g/mol. The molecule has 0 aliphatic heterocycles. The molecule has 0 spiro atoms. The summed E-state index contributed by atoms with van der Waals surface area (Å²) in [6, 6.07) is 7.92. The van der Waals surface area contributed by atoms with Gasteiger partial charge in [-0.15, -0.1) is 11.3 Å². The first kappa shape index (κ1) is 17.3. The van der Waals surface area contributed by atoms with Crippen molar-refractivity contribution in [2.24, 2.45) is 0 Å². The van der Waals surface area contributed by atoms with Crippen molar-refractivity contribution in [2.45, 2.75) is 19.4 Å².